The molecular weight excluding hydrogens is 266 g/mol. The molecule has 0 bridgehead atoms. The number of hydrogen-bond acceptors (Lipinski definition) is 4. The molecule has 1 aromatic rings. The number of nitrogens with one attached hydrogen (secondary N) is 1. The molecule has 0 saturated carbocycles. The minimum absolute atomic E-state index is 0.00576. The summed E-state index contributed by atoms with van der Waals surface area (Å²) in [5.74, 6) is -0.00576. The molecule has 2 atom stereocenters. The topological polar surface area (TPSA) is 67.6 Å². The smallest absolute Gasteiger partial charge is 0.221 e. The molecule has 0 spiro atoms. The van der Waals surface area contributed by atoms with Crippen molar-refractivity contribution in [1.82, 2.24) is 10.2 Å². The highest BCUT2D eigenvalue weighted by molar-refractivity contribution is 5.76. The summed E-state index contributed by atoms with van der Waals surface area (Å²) in [6.07, 6.45) is 0.417. The molecule has 1 saturated heterocycles. The van der Waals surface area contributed by atoms with Crippen LogP contribution in [0.1, 0.15) is 18.9 Å². The molecule has 5 nitrogen and oxygen atoms in total. The maximum absolute atomic E-state index is 11.6. The maximum atomic E-state index is 11.6. The number of rotatable bonds is 6. The normalized spacial score (nSPS) is 21.0. The Morgan fingerprint density at radius 2 is 2.24 bits per heavy atom. The second-order valence-corrected chi connectivity index (χ2v) is 5.70. The summed E-state index contributed by atoms with van der Waals surface area (Å²) in [4.78, 5) is 14.0. The molecular formula is C16H25N3O2. The molecule has 1 aromatic carbocycles. The van der Waals surface area contributed by atoms with Gasteiger partial charge < -0.3 is 15.8 Å². The summed E-state index contributed by atoms with van der Waals surface area (Å²) in [6.45, 7) is 5.79. The second-order valence-electron chi connectivity index (χ2n) is 5.70. The predicted molar refractivity (Wildman–Crippen MR) is 82.7 cm³/mol. The van der Waals surface area contributed by atoms with Crippen LogP contribution in [-0.2, 0) is 16.1 Å². The van der Waals surface area contributed by atoms with E-state index in [4.69, 9.17) is 10.5 Å². The fourth-order valence-electron chi connectivity index (χ4n) is 2.48. The van der Waals surface area contributed by atoms with E-state index >= 15 is 0 Å². The van der Waals surface area contributed by atoms with Gasteiger partial charge >= 0.3 is 0 Å². The molecule has 0 radical (unpaired) electrons. The number of benzene rings is 1. The fourth-order valence-corrected chi connectivity index (χ4v) is 2.48. The van der Waals surface area contributed by atoms with Gasteiger partial charge in [0.15, 0.2) is 0 Å². The summed E-state index contributed by atoms with van der Waals surface area (Å²) in [6, 6.07) is 10.3. The van der Waals surface area contributed by atoms with E-state index < -0.39 is 0 Å². The van der Waals surface area contributed by atoms with E-state index in [1.807, 2.05) is 13.0 Å². The van der Waals surface area contributed by atoms with Crippen LogP contribution in [0.3, 0.4) is 0 Å². The molecule has 116 valence electrons. The van der Waals surface area contributed by atoms with Crippen LogP contribution < -0.4 is 11.1 Å². The van der Waals surface area contributed by atoms with Crippen LogP contribution in [0.15, 0.2) is 30.3 Å². The van der Waals surface area contributed by atoms with E-state index in [2.05, 4.69) is 34.5 Å². The number of morpholine rings is 1. The molecule has 1 heterocycles. The lowest BCUT2D eigenvalue weighted by atomic mass is 10.2. The molecule has 1 fully saturated rings. The Kier molecular flexibility index (Phi) is 6.17. The van der Waals surface area contributed by atoms with Crippen molar-refractivity contribution in [2.75, 3.05) is 26.2 Å². The van der Waals surface area contributed by atoms with E-state index in [1.54, 1.807) is 0 Å². The molecule has 1 amide bonds. The number of nitrogens with two attached hydrogens (primary N) is 1. The van der Waals surface area contributed by atoms with Crippen LogP contribution in [0.25, 0.3) is 0 Å². The first-order valence-corrected chi connectivity index (χ1v) is 7.53. The number of ether oxygens (including phenoxy) is 1. The third-order valence-electron chi connectivity index (χ3n) is 3.51. The fraction of sp³-hybridized carbons (Fsp3) is 0.562. The van der Waals surface area contributed by atoms with E-state index in [9.17, 15) is 4.79 Å². The summed E-state index contributed by atoms with van der Waals surface area (Å²) in [5.41, 5.74) is 6.91. The number of hydrogen-bond donors (Lipinski definition) is 2. The molecule has 1 aliphatic rings. The van der Waals surface area contributed by atoms with E-state index in [-0.39, 0.29) is 18.1 Å². The first-order chi connectivity index (χ1) is 10.1. The van der Waals surface area contributed by atoms with Gasteiger partial charge in [-0.2, -0.15) is 0 Å². The average molecular weight is 291 g/mol. The Balaban J connectivity index is 1.74. The number of carbonyl (C=O) groups is 1. The Morgan fingerprint density at radius 3 is 2.95 bits per heavy atom. The van der Waals surface area contributed by atoms with Crippen LogP contribution >= 0.6 is 0 Å². The zero-order valence-electron chi connectivity index (χ0n) is 12.6. The predicted octanol–water partition coefficient (Wildman–Crippen LogP) is 0.741. The lowest BCUT2D eigenvalue weighted by molar-refractivity contribution is -0.122. The van der Waals surface area contributed by atoms with Crippen LogP contribution in [0, 0.1) is 0 Å². The third-order valence-corrected chi connectivity index (χ3v) is 3.51. The van der Waals surface area contributed by atoms with Gasteiger partial charge in [0.25, 0.3) is 0 Å². The summed E-state index contributed by atoms with van der Waals surface area (Å²) in [7, 11) is 0. The van der Waals surface area contributed by atoms with E-state index in [0.717, 1.165) is 19.6 Å². The Morgan fingerprint density at radius 1 is 1.48 bits per heavy atom. The molecule has 3 N–H and O–H groups in total. The molecule has 0 aliphatic carbocycles. The monoisotopic (exact) mass is 291 g/mol. The minimum atomic E-state index is -0.105. The van der Waals surface area contributed by atoms with Gasteiger partial charge in [0, 0.05) is 38.6 Å². The summed E-state index contributed by atoms with van der Waals surface area (Å²) in [5, 5.41) is 2.90. The first kappa shape index (κ1) is 15.9. The van der Waals surface area contributed by atoms with Gasteiger partial charge in [-0.05, 0) is 12.5 Å². The molecule has 21 heavy (non-hydrogen) atoms. The van der Waals surface area contributed by atoms with Crippen molar-refractivity contribution in [3.05, 3.63) is 35.9 Å². The van der Waals surface area contributed by atoms with Crippen molar-refractivity contribution in [2.45, 2.75) is 32.0 Å². The van der Waals surface area contributed by atoms with Gasteiger partial charge in [0.2, 0.25) is 5.91 Å². The third kappa shape index (κ3) is 5.83. The summed E-state index contributed by atoms with van der Waals surface area (Å²) >= 11 is 0. The maximum Gasteiger partial charge on any atom is 0.221 e. The average Bonchev–Trinajstić information content (AvgIpc) is 2.46. The Labute approximate surface area is 126 Å². The van der Waals surface area contributed by atoms with Crippen molar-refractivity contribution >= 4 is 5.91 Å². The quantitative estimate of drug-likeness (QED) is 0.811. The van der Waals surface area contributed by atoms with Gasteiger partial charge in [0.1, 0.15) is 0 Å². The second kappa shape index (κ2) is 8.12. The van der Waals surface area contributed by atoms with Crippen molar-refractivity contribution < 1.29 is 9.53 Å². The van der Waals surface area contributed by atoms with Crippen LogP contribution in [0.5, 0.6) is 0 Å². The Hall–Kier alpha value is -1.43. The van der Waals surface area contributed by atoms with Gasteiger partial charge in [-0.15, -0.1) is 0 Å². The zero-order chi connectivity index (χ0) is 15.1. The molecule has 1 aliphatic heterocycles. The number of amides is 1. The van der Waals surface area contributed by atoms with Gasteiger partial charge in [-0.3, -0.25) is 9.69 Å². The largest absolute Gasteiger partial charge is 0.374 e. The van der Waals surface area contributed by atoms with Crippen molar-refractivity contribution in [3.8, 4) is 0 Å². The highest BCUT2D eigenvalue weighted by Gasteiger charge is 2.21. The van der Waals surface area contributed by atoms with Crippen LogP contribution in [0.2, 0.25) is 0 Å². The highest BCUT2D eigenvalue weighted by atomic mass is 16.5. The van der Waals surface area contributed by atoms with Crippen molar-refractivity contribution in [3.63, 3.8) is 0 Å². The number of nitrogens with zero attached hydrogens (tertiary/aromatic N) is 1. The van der Waals surface area contributed by atoms with Gasteiger partial charge in [-0.1, -0.05) is 30.3 Å². The van der Waals surface area contributed by atoms with E-state index in [1.165, 1.54) is 5.56 Å². The van der Waals surface area contributed by atoms with E-state index in [0.29, 0.717) is 19.6 Å². The van der Waals surface area contributed by atoms with Gasteiger partial charge in [0.05, 0.1) is 12.7 Å². The molecule has 2 rings (SSSR count). The van der Waals surface area contributed by atoms with Crippen LogP contribution in [0.4, 0.5) is 0 Å². The lowest BCUT2D eigenvalue weighted by Crippen LogP contribution is -2.47. The highest BCUT2D eigenvalue weighted by Crippen LogP contribution is 2.10. The lowest BCUT2D eigenvalue weighted by Gasteiger charge is -2.33. The van der Waals surface area contributed by atoms with Crippen LogP contribution in [-0.4, -0.2) is 49.2 Å². The van der Waals surface area contributed by atoms with Crippen molar-refractivity contribution in [1.29, 1.82) is 0 Å². The minimum Gasteiger partial charge on any atom is -0.374 e. The summed E-state index contributed by atoms with van der Waals surface area (Å²) < 4.78 is 5.71. The van der Waals surface area contributed by atoms with Gasteiger partial charge in [-0.25, -0.2) is 0 Å². The molecule has 2 unspecified atom stereocenters. The standard InChI is InChI=1S/C16H25N3O2/c1-13(17)9-16(20)18-10-15-12-19(7-8-21-15)11-14-5-3-2-4-6-14/h2-6,13,15H,7-12,17H2,1H3,(H,18,20). The van der Waals surface area contributed by atoms with Crippen molar-refractivity contribution in [2.24, 2.45) is 5.73 Å². The Bertz CT molecular complexity index is 436. The zero-order valence-corrected chi connectivity index (χ0v) is 12.6. The molecule has 0 aromatic heterocycles. The molecule has 5 heteroatoms. The SMILES string of the molecule is CC(N)CC(=O)NCC1CN(Cc2ccccc2)CCO1. The first-order valence-electron chi connectivity index (χ1n) is 7.53. The number of carbonyl (C=O) groups excluding carboxylic acids is 1.